The number of pyridine rings is 1. The zero-order chi connectivity index (χ0) is 19.1. The van der Waals surface area contributed by atoms with Crippen LogP contribution in [0.5, 0.6) is 0 Å². The molecule has 2 heterocycles. The van der Waals surface area contributed by atoms with Crippen LogP contribution in [0.3, 0.4) is 0 Å². The zero-order valence-corrected chi connectivity index (χ0v) is 15.8. The first-order valence-electron chi connectivity index (χ1n) is 7.99. The third kappa shape index (κ3) is 3.72. The van der Waals surface area contributed by atoms with Crippen molar-refractivity contribution in [2.24, 2.45) is 0 Å². The lowest BCUT2D eigenvalue weighted by atomic mass is 10.1. The molecular weight excluding hydrogens is 356 g/mol. The smallest absolute Gasteiger partial charge is 0.224 e. The van der Waals surface area contributed by atoms with Crippen molar-refractivity contribution in [1.82, 2.24) is 15.0 Å². The van der Waals surface area contributed by atoms with Crippen LogP contribution in [0.2, 0.25) is 5.02 Å². The second-order valence-corrected chi connectivity index (χ2v) is 7.36. The van der Waals surface area contributed by atoms with Crippen molar-refractivity contribution in [2.75, 3.05) is 30.1 Å². The van der Waals surface area contributed by atoms with Gasteiger partial charge in [-0.2, -0.15) is 9.97 Å². The number of anilines is 3. The quantitative estimate of drug-likeness (QED) is 0.309. The van der Waals surface area contributed by atoms with Gasteiger partial charge in [-0.1, -0.05) is 11.6 Å². The molecule has 1 aromatic carbocycles. The average Bonchev–Trinajstić information content (AvgIpc) is 2.50. The minimum atomic E-state index is -0.423. The number of halogens is 1. The van der Waals surface area contributed by atoms with E-state index < -0.39 is 5.60 Å². The van der Waals surface area contributed by atoms with Crippen molar-refractivity contribution in [1.29, 1.82) is 0 Å². The van der Waals surface area contributed by atoms with Gasteiger partial charge in [-0.15, -0.1) is 0 Å². The van der Waals surface area contributed by atoms with E-state index in [0.717, 1.165) is 11.1 Å². The second-order valence-electron chi connectivity index (χ2n) is 6.93. The molecule has 4 N–H and O–H groups in total. The third-order valence-electron chi connectivity index (χ3n) is 3.55. The molecule has 0 atom stereocenters. The van der Waals surface area contributed by atoms with Crippen LogP contribution in [0.15, 0.2) is 18.2 Å². The molecule has 2 aromatic heterocycles. The Balaban J connectivity index is 2.16. The molecule has 0 bridgehead atoms. The molecule has 3 aromatic rings. The van der Waals surface area contributed by atoms with E-state index in [1.54, 1.807) is 12.1 Å². The van der Waals surface area contributed by atoms with E-state index in [9.17, 15) is 0 Å². The van der Waals surface area contributed by atoms with Crippen molar-refractivity contribution < 1.29 is 9.78 Å². The van der Waals surface area contributed by atoms with Crippen LogP contribution in [-0.2, 0) is 9.78 Å². The van der Waals surface area contributed by atoms with Crippen molar-refractivity contribution >= 4 is 51.0 Å². The SMILES string of the molecule is CN(COOC(C)(C)C)c1c2ccc(Cl)cc2nc2nc(N)nc(N)c12. The maximum atomic E-state index is 6.12. The minimum absolute atomic E-state index is 0.0600. The normalized spacial score (nSPS) is 12.0. The van der Waals surface area contributed by atoms with E-state index in [2.05, 4.69) is 15.0 Å². The first kappa shape index (κ1) is 18.4. The lowest BCUT2D eigenvalue weighted by molar-refractivity contribution is -0.347. The van der Waals surface area contributed by atoms with E-state index in [-0.39, 0.29) is 18.5 Å². The summed E-state index contributed by atoms with van der Waals surface area (Å²) in [5.74, 6) is 0.306. The summed E-state index contributed by atoms with van der Waals surface area (Å²) in [6, 6.07) is 5.42. The number of rotatable bonds is 4. The summed E-state index contributed by atoms with van der Waals surface area (Å²) in [6.07, 6.45) is 0. The predicted molar refractivity (Wildman–Crippen MR) is 104 cm³/mol. The molecule has 0 unspecified atom stereocenters. The summed E-state index contributed by atoms with van der Waals surface area (Å²) in [5.41, 5.74) is 13.2. The summed E-state index contributed by atoms with van der Waals surface area (Å²) < 4.78 is 0. The Kier molecular flexibility index (Phi) is 4.74. The Morgan fingerprint density at radius 3 is 2.58 bits per heavy atom. The largest absolute Gasteiger partial charge is 0.383 e. The third-order valence-corrected chi connectivity index (χ3v) is 3.79. The lowest BCUT2D eigenvalue weighted by Crippen LogP contribution is -2.27. The first-order chi connectivity index (χ1) is 12.2. The first-order valence-corrected chi connectivity index (χ1v) is 8.37. The number of fused-ring (bicyclic) bond motifs is 2. The molecule has 0 aliphatic rings. The molecule has 3 rings (SSSR count). The Morgan fingerprint density at radius 2 is 1.88 bits per heavy atom. The molecule has 0 aliphatic heterocycles. The van der Waals surface area contributed by atoms with E-state index in [4.69, 9.17) is 32.8 Å². The van der Waals surface area contributed by atoms with Crippen LogP contribution in [0.25, 0.3) is 21.9 Å². The van der Waals surface area contributed by atoms with Gasteiger partial charge in [0.1, 0.15) is 5.82 Å². The number of nitrogens with zero attached hydrogens (tertiary/aromatic N) is 4. The van der Waals surface area contributed by atoms with Gasteiger partial charge in [0.05, 0.1) is 22.2 Å². The van der Waals surface area contributed by atoms with E-state index >= 15 is 0 Å². The summed E-state index contributed by atoms with van der Waals surface area (Å²) in [4.78, 5) is 25.4. The van der Waals surface area contributed by atoms with Gasteiger partial charge in [-0.05, 0) is 39.0 Å². The summed E-state index contributed by atoms with van der Waals surface area (Å²) >= 11 is 6.12. The van der Waals surface area contributed by atoms with Crippen molar-refractivity contribution in [3.05, 3.63) is 23.2 Å². The van der Waals surface area contributed by atoms with Crippen LogP contribution in [0, 0.1) is 0 Å². The molecule has 0 spiro atoms. The molecule has 0 amide bonds. The molecule has 0 saturated heterocycles. The van der Waals surface area contributed by atoms with E-state index in [0.29, 0.717) is 21.6 Å². The van der Waals surface area contributed by atoms with Gasteiger partial charge in [0, 0.05) is 17.5 Å². The lowest BCUT2D eigenvalue weighted by Gasteiger charge is -2.25. The monoisotopic (exact) mass is 376 g/mol. The molecular formula is C17H21ClN6O2. The highest BCUT2D eigenvalue weighted by Crippen LogP contribution is 2.36. The molecule has 0 aliphatic carbocycles. The van der Waals surface area contributed by atoms with E-state index in [1.165, 1.54) is 0 Å². The Morgan fingerprint density at radius 1 is 1.15 bits per heavy atom. The maximum absolute atomic E-state index is 6.12. The molecule has 0 saturated carbocycles. The van der Waals surface area contributed by atoms with Crippen LogP contribution in [0.4, 0.5) is 17.5 Å². The average molecular weight is 377 g/mol. The number of aromatic nitrogens is 3. The maximum Gasteiger partial charge on any atom is 0.224 e. The number of nitrogens with two attached hydrogens (primary N) is 2. The Labute approximate surface area is 156 Å². The number of benzene rings is 1. The molecule has 8 nitrogen and oxygen atoms in total. The minimum Gasteiger partial charge on any atom is -0.383 e. The summed E-state index contributed by atoms with van der Waals surface area (Å²) in [5, 5.41) is 2.00. The number of hydrogen-bond donors (Lipinski definition) is 2. The van der Waals surface area contributed by atoms with Gasteiger partial charge >= 0.3 is 0 Å². The molecule has 0 fully saturated rings. The van der Waals surface area contributed by atoms with Crippen LogP contribution in [-0.4, -0.2) is 34.3 Å². The van der Waals surface area contributed by atoms with Gasteiger partial charge in [-0.25, -0.2) is 14.8 Å². The van der Waals surface area contributed by atoms with Crippen LogP contribution >= 0.6 is 11.6 Å². The number of hydrogen-bond acceptors (Lipinski definition) is 8. The van der Waals surface area contributed by atoms with E-state index in [1.807, 2.05) is 38.8 Å². The van der Waals surface area contributed by atoms with Gasteiger partial charge in [-0.3, -0.25) is 0 Å². The standard InChI is InChI=1S/C17H21ClN6O2/c1-17(2,3)26-25-8-24(4)13-10-6-5-9(18)7-11(10)21-15-12(13)14(19)22-16(20)23-15/h5-7H,8H2,1-4H3,(H4,19,20,21,22,23). The fourth-order valence-corrected chi connectivity index (χ4v) is 2.75. The van der Waals surface area contributed by atoms with Gasteiger partial charge in [0.25, 0.3) is 0 Å². The fraction of sp³-hybridized carbons (Fsp3) is 0.353. The summed E-state index contributed by atoms with van der Waals surface area (Å²) in [6.45, 7) is 5.88. The van der Waals surface area contributed by atoms with Gasteiger partial charge in [0.2, 0.25) is 5.95 Å². The Hall–Kier alpha value is -2.42. The summed E-state index contributed by atoms with van der Waals surface area (Å²) in [7, 11) is 1.85. The van der Waals surface area contributed by atoms with Gasteiger partial charge in [0.15, 0.2) is 12.4 Å². The van der Waals surface area contributed by atoms with Crippen LogP contribution < -0.4 is 16.4 Å². The predicted octanol–water partition coefficient (Wildman–Crippen LogP) is 3.14. The number of nitrogen functional groups attached to an aromatic ring is 2. The second kappa shape index (κ2) is 6.71. The van der Waals surface area contributed by atoms with Gasteiger partial charge < -0.3 is 16.4 Å². The van der Waals surface area contributed by atoms with Crippen molar-refractivity contribution in [3.63, 3.8) is 0 Å². The molecule has 0 radical (unpaired) electrons. The zero-order valence-electron chi connectivity index (χ0n) is 15.1. The van der Waals surface area contributed by atoms with Crippen LogP contribution in [0.1, 0.15) is 20.8 Å². The highest BCUT2D eigenvalue weighted by atomic mass is 35.5. The Bertz CT molecular complexity index is 973. The van der Waals surface area contributed by atoms with Crippen molar-refractivity contribution in [2.45, 2.75) is 26.4 Å². The molecule has 26 heavy (non-hydrogen) atoms. The molecule has 9 heteroatoms. The highest BCUT2D eigenvalue weighted by molar-refractivity contribution is 6.31. The molecule has 138 valence electrons. The fourth-order valence-electron chi connectivity index (χ4n) is 2.58. The highest BCUT2D eigenvalue weighted by Gasteiger charge is 2.19. The van der Waals surface area contributed by atoms with Crippen molar-refractivity contribution in [3.8, 4) is 0 Å². The topological polar surface area (TPSA) is 112 Å².